The van der Waals surface area contributed by atoms with Gasteiger partial charge in [0.15, 0.2) is 0 Å². The summed E-state index contributed by atoms with van der Waals surface area (Å²) >= 11 is 0. The number of carbonyl (C=O) groups is 1. The summed E-state index contributed by atoms with van der Waals surface area (Å²) in [5.41, 5.74) is -0.337. The molecule has 0 aliphatic carbocycles. The highest BCUT2D eigenvalue weighted by atomic mass is 19.4. The van der Waals surface area contributed by atoms with Crippen LogP contribution in [-0.4, -0.2) is 27.7 Å². The van der Waals surface area contributed by atoms with E-state index in [-0.39, 0.29) is 12.2 Å². The number of esters is 1. The van der Waals surface area contributed by atoms with Gasteiger partial charge in [-0.15, -0.1) is 0 Å². The lowest BCUT2D eigenvalue weighted by atomic mass is 10.1. The number of ether oxygens (including phenoxy) is 1. The number of hydrogen-bond acceptors (Lipinski definition) is 6. The molecule has 0 amide bonds. The normalized spacial score (nSPS) is 11.4. The van der Waals surface area contributed by atoms with Crippen LogP contribution in [0.2, 0.25) is 0 Å². The van der Waals surface area contributed by atoms with Gasteiger partial charge in [0.2, 0.25) is 11.7 Å². The highest BCUT2D eigenvalue weighted by molar-refractivity contribution is 5.89. The largest absolute Gasteiger partial charge is 0.462 e. The maximum atomic E-state index is 12.7. The van der Waals surface area contributed by atoms with E-state index >= 15 is 0 Å². The van der Waals surface area contributed by atoms with Crippen molar-refractivity contribution in [2.24, 2.45) is 0 Å². The molecule has 2 aromatic heterocycles. The van der Waals surface area contributed by atoms with Crippen LogP contribution in [0.5, 0.6) is 0 Å². The number of alkyl halides is 3. The maximum absolute atomic E-state index is 12.7. The maximum Gasteiger partial charge on any atom is 0.416 e. The van der Waals surface area contributed by atoms with Crippen molar-refractivity contribution in [2.45, 2.75) is 19.0 Å². The zero-order chi connectivity index (χ0) is 19.3. The molecule has 0 unspecified atom stereocenters. The first-order valence-corrected chi connectivity index (χ1v) is 8.01. The van der Waals surface area contributed by atoms with Gasteiger partial charge in [-0.05, 0) is 36.8 Å². The van der Waals surface area contributed by atoms with Crippen molar-refractivity contribution in [3.63, 3.8) is 0 Å². The summed E-state index contributed by atoms with van der Waals surface area (Å²) in [5.74, 6) is -0.0503. The Balaban J connectivity index is 1.49. The zero-order valence-electron chi connectivity index (χ0n) is 13.9. The number of aryl methyl sites for hydroxylation is 1. The minimum absolute atomic E-state index is 0.0136. The third-order valence-corrected chi connectivity index (χ3v) is 3.58. The number of aromatic nitrogens is 3. The van der Waals surface area contributed by atoms with Gasteiger partial charge in [-0.1, -0.05) is 11.2 Å². The molecule has 3 aromatic rings. The molecule has 0 aliphatic heterocycles. The summed E-state index contributed by atoms with van der Waals surface area (Å²) in [5, 5.41) is 3.84. The van der Waals surface area contributed by atoms with Gasteiger partial charge in [-0.2, -0.15) is 18.2 Å². The molecule has 140 valence electrons. The van der Waals surface area contributed by atoms with Crippen molar-refractivity contribution in [3.8, 4) is 11.4 Å². The highest BCUT2D eigenvalue weighted by Crippen LogP contribution is 2.29. The smallest absolute Gasteiger partial charge is 0.416 e. The standard InChI is InChI=1S/C18H14F3N3O3/c19-18(20,21)14-6-1-4-12(10-14)17(25)26-9-3-7-15-23-16(24-27-15)13-5-2-8-22-11-13/h1-2,4-6,8,10-11H,3,7,9H2. The van der Waals surface area contributed by atoms with E-state index in [1.165, 1.54) is 6.07 Å². The van der Waals surface area contributed by atoms with Crippen molar-refractivity contribution < 1.29 is 27.2 Å². The van der Waals surface area contributed by atoms with E-state index < -0.39 is 17.7 Å². The molecule has 1 aromatic carbocycles. The van der Waals surface area contributed by atoms with E-state index in [1.54, 1.807) is 24.5 Å². The Morgan fingerprint density at radius 1 is 1.19 bits per heavy atom. The fourth-order valence-electron chi connectivity index (χ4n) is 2.26. The predicted molar refractivity (Wildman–Crippen MR) is 87.6 cm³/mol. The fraction of sp³-hybridized carbons (Fsp3) is 0.222. The first-order chi connectivity index (χ1) is 12.9. The molecule has 0 aliphatic rings. The van der Waals surface area contributed by atoms with Gasteiger partial charge < -0.3 is 9.26 Å². The van der Waals surface area contributed by atoms with Crippen molar-refractivity contribution in [1.29, 1.82) is 0 Å². The molecule has 0 radical (unpaired) electrons. The summed E-state index contributed by atoms with van der Waals surface area (Å²) in [4.78, 5) is 20.1. The lowest BCUT2D eigenvalue weighted by Crippen LogP contribution is -2.10. The summed E-state index contributed by atoms with van der Waals surface area (Å²) in [6.45, 7) is 0.0136. The van der Waals surface area contributed by atoms with Crippen LogP contribution < -0.4 is 0 Å². The molecule has 0 bridgehead atoms. The van der Waals surface area contributed by atoms with E-state index in [1.807, 2.05) is 0 Å². The van der Waals surface area contributed by atoms with E-state index in [4.69, 9.17) is 9.26 Å². The second-order valence-corrected chi connectivity index (χ2v) is 5.57. The van der Waals surface area contributed by atoms with Gasteiger partial charge >= 0.3 is 12.1 Å². The third-order valence-electron chi connectivity index (χ3n) is 3.58. The SMILES string of the molecule is O=C(OCCCc1nc(-c2cccnc2)no1)c1cccc(C(F)(F)F)c1. The van der Waals surface area contributed by atoms with Crippen LogP contribution in [0.3, 0.4) is 0 Å². The third kappa shape index (κ3) is 4.90. The molecular weight excluding hydrogens is 363 g/mol. The Hall–Kier alpha value is -3.23. The number of nitrogens with zero attached hydrogens (tertiary/aromatic N) is 3. The van der Waals surface area contributed by atoms with Gasteiger partial charge in [0.25, 0.3) is 0 Å². The predicted octanol–water partition coefficient (Wildman–Crippen LogP) is 3.94. The van der Waals surface area contributed by atoms with E-state index in [0.717, 1.165) is 18.2 Å². The molecule has 0 saturated carbocycles. The number of rotatable bonds is 6. The minimum Gasteiger partial charge on any atom is -0.462 e. The lowest BCUT2D eigenvalue weighted by molar-refractivity contribution is -0.137. The van der Waals surface area contributed by atoms with Crippen LogP contribution in [0.4, 0.5) is 13.2 Å². The first-order valence-electron chi connectivity index (χ1n) is 8.01. The second-order valence-electron chi connectivity index (χ2n) is 5.57. The molecule has 3 rings (SSSR count). The molecule has 2 heterocycles. The molecule has 0 spiro atoms. The van der Waals surface area contributed by atoms with Crippen molar-refractivity contribution in [1.82, 2.24) is 15.1 Å². The number of hydrogen-bond donors (Lipinski definition) is 0. The van der Waals surface area contributed by atoms with Crippen molar-refractivity contribution in [2.75, 3.05) is 6.61 Å². The second kappa shape index (κ2) is 7.98. The molecule has 6 nitrogen and oxygen atoms in total. The lowest BCUT2D eigenvalue weighted by Gasteiger charge is -2.08. The summed E-state index contributed by atoms with van der Waals surface area (Å²) in [6.07, 6.45) is -0.530. The number of benzene rings is 1. The van der Waals surface area contributed by atoms with Gasteiger partial charge in [0.1, 0.15) is 0 Å². The van der Waals surface area contributed by atoms with Crippen LogP contribution in [0.25, 0.3) is 11.4 Å². The van der Waals surface area contributed by atoms with Gasteiger partial charge in [0, 0.05) is 24.4 Å². The number of halogens is 3. The Morgan fingerprint density at radius 2 is 2.04 bits per heavy atom. The van der Waals surface area contributed by atoms with Crippen LogP contribution in [0, 0.1) is 0 Å². The topological polar surface area (TPSA) is 78.1 Å². The molecule has 27 heavy (non-hydrogen) atoms. The Kier molecular flexibility index (Phi) is 5.49. The van der Waals surface area contributed by atoms with E-state index in [2.05, 4.69) is 15.1 Å². The van der Waals surface area contributed by atoms with Crippen molar-refractivity contribution in [3.05, 3.63) is 65.8 Å². The summed E-state index contributed by atoms with van der Waals surface area (Å²) < 4.78 is 48.1. The van der Waals surface area contributed by atoms with Gasteiger partial charge in [0.05, 0.1) is 17.7 Å². The molecule has 0 fully saturated rings. The molecule has 9 heteroatoms. The number of carbonyl (C=O) groups excluding carboxylic acids is 1. The molecular formula is C18H14F3N3O3. The van der Waals surface area contributed by atoms with E-state index in [0.29, 0.717) is 30.1 Å². The molecule has 0 saturated heterocycles. The monoisotopic (exact) mass is 377 g/mol. The average molecular weight is 377 g/mol. The highest BCUT2D eigenvalue weighted by Gasteiger charge is 2.31. The van der Waals surface area contributed by atoms with Crippen LogP contribution in [0.15, 0.2) is 53.3 Å². The van der Waals surface area contributed by atoms with Crippen LogP contribution >= 0.6 is 0 Å². The molecule has 0 atom stereocenters. The van der Waals surface area contributed by atoms with E-state index in [9.17, 15) is 18.0 Å². The number of pyridine rings is 1. The van der Waals surface area contributed by atoms with Crippen LogP contribution in [0.1, 0.15) is 28.2 Å². The van der Waals surface area contributed by atoms with Gasteiger partial charge in [-0.25, -0.2) is 4.79 Å². The van der Waals surface area contributed by atoms with Gasteiger partial charge in [-0.3, -0.25) is 4.98 Å². The first kappa shape index (κ1) is 18.6. The Morgan fingerprint density at radius 3 is 2.78 bits per heavy atom. The Bertz CT molecular complexity index is 911. The van der Waals surface area contributed by atoms with Crippen molar-refractivity contribution >= 4 is 5.97 Å². The minimum atomic E-state index is -4.51. The zero-order valence-corrected chi connectivity index (χ0v) is 13.9. The average Bonchev–Trinajstić information content (AvgIpc) is 3.14. The quantitative estimate of drug-likeness (QED) is 0.478. The summed E-state index contributed by atoms with van der Waals surface area (Å²) in [6, 6.07) is 7.64. The molecule has 0 N–H and O–H groups in total. The summed E-state index contributed by atoms with van der Waals surface area (Å²) in [7, 11) is 0. The van der Waals surface area contributed by atoms with Crippen LogP contribution in [-0.2, 0) is 17.3 Å². The fourth-order valence-corrected chi connectivity index (χ4v) is 2.26. The Labute approximate surface area is 152 Å².